The van der Waals surface area contributed by atoms with E-state index in [1.54, 1.807) is 30.3 Å². The van der Waals surface area contributed by atoms with Gasteiger partial charge in [0, 0.05) is 10.7 Å². The molecule has 1 heterocycles. The molecule has 0 aliphatic carbocycles. The van der Waals surface area contributed by atoms with Crippen LogP contribution in [0.4, 0.5) is 14.9 Å². The zero-order valence-electron chi connectivity index (χ0n) is 19.9. The first-order valence-corrected chi connectivity index (χ1v) is 12.3. The zero-order valence-corrected chi connectivity index (χ0v) is 21.5. The number of para-hydroxylation sites is 1. The van der Waals surface area contributed by atoms with Crippen molar-refractivity contribution in [2.24, 2.45) is 0 Å². The average Bonchev–Trinajstić information content (AvgIpc) is 3.13. The van der Waals surface area contributed by atoms with E-state index >= 15 is 0 Å². The highest BCUT2D eigenvalue weighted by Crippen LogP contribution is 2.36. The number of nitrogens with one attached hydrogen (secondary N) is 1. The van der Waals surface area contributed by atoms with E-state index in [0.29, 0.717) is 28.3 Å². The molecule has 0 radical (unpaired) electrons. The van der Waals surface area contributed by atoms with Crippen LogP contribution < -0.4 is 14.8 Å². The molecule has 190 valence electrons. The number of methoxy groups -OCH3 is 1. The van der Waals surface area contributed by atoms with Gasteiger partial charge in [-0.05, 0) is 71.8 Å². The van der Waals surface area contributed by atoms with Gasteiger partial charge in [-0.25, -0.2) is 4.39 Å². The SMILES string of the molecule is COc1cc(/C=C2\SC(=O)N(Cc3ccc(F)cc3Cl)C2=O)ccc1OCC(=O)Nc1ccccc1C. The Morgan fingerprint density at radius 3 is 2.62 bits per heavy atom. The molecule has 1 aliphatic heterocycles. The maximum absolute atomic E-state index is 13.3. The molecule has 37 heavy (non-hydrogen) atoms. The number of hydrogen-bond acceptors (Lipinski definition) is 6. The highest BCUT2D eigenvalue weighted by molar-refractivity contribution is 8.18. The van der Waals surface area contributed by atoms with Crippen molar-refractivity contribution in [2.75, 3.05) is 19.0 Å². The number of amides is 3. The number of hydrogen-bond donors (Lipinski definition) is 1. The third-order valence-corrected chi connectivity index (χ3v) is 6.74. The number of carbonyl (C=O) groups excluding carboxylic acids is 3. The molecule has 7 nitrogen and oxygen atoms in total. The molecular formula is C27H22ClFN2O5S. The van der Waals surface area contributed by atoms with Crippen molar-refractivity contribution >= 4 is 52.2 Å². The lowest BCUT2D eigenvalue weighted by atomic mass is 10.1. The Labute approximate surface area is 222 Å². The summed E-state index contributed by atoms with van der Waals surface area (Å²) in [5, 5.41) is 2.48. The van der Waals surface area contributed by atoms with Gasteiger partial charge in [-0.2, -0.15) is 0 Å². The van der Waals surface area contributed by atoms with Crippen molar-refractivity contribution in [3.63, 3.8) is 0 Å². The molecule has 10 heteroatoms. The molecule has 0 atom stereocenters. The minimum absolute atomic E-state index is 0.0677. The lowest BCUT2D eigenvalue weighted by molar-refractivity contribution is -0.123. The van der Waals surface area contributed by atoms with E-state index in [4.69, 9.17) is 21.1 Å². The lowest BCUT2D eigenvalue weighted by Gasteiger charge is -2.13. The number of imide groups is 1. The quantitative estimate of drug-likeness (QED) is 0.350. The van der Waals surface area contributed by atoms with Crippen molar-refractivity contribution in [2.45, 2.75) is 13.5 Å². The van der Waals surface area contributed by atoms with Crippen LogP contribution in [-0.4, -0.2) is 35.7 Å². The summed E-state index contributed by atoms with van der Waals surface area (Å²) < 4.78 is 24.3. The number of halogens is 2. The van der Waals surface area contributed by atoms with E-state index < -0.39 is 17.0 Å². The molecule has 1 N–H and O–H groups in total. The molecule has 3 amide bonds. The molecular weight excluding hydrogens is 519 g/mol. The van der Waals surface area contributed by atoms with Gasteiger partial charge in [-0.3, -0.25) is 19.3 Å². The predicted octanol–water partition coefficient (Wildman–Crippen LogP) is 6.05. The third-order valence-electron chi connectivity index (χ3n) is 5.48. The second-order valence-electron chi connectivity index (χ2n) is 8.07. The van der Waals surface area contributed by atoms with Crippen LogP contribution in [0.1, 0.15) is 16.7 Å². The molecule has 1 fully saturated rings. The number of rotatable bonds is 8. The van der Waals surface area contributed by atoms with Crippen molar-refractivity contribution in [1.29, 1.82) is 0 Å². The largest absolute Gasteiger partial charge is 0.493 e. The average molecular weight is 541 g/mol. The first-order chi connectivity index (χ1) is 17.7. The summed E-state index contributed by atoms with van der Waals surface area (Å²) in [6.07, 6.45) is 1.56. The van der Waals surface area contributed by atoms with E-state index in [1.807, 2.05) is 25.1 Å². The fourth-order valence-electron chi connectivity index (χ4n) is 3.54. The summed E-state index contributed by atoms with van der Waals surface area (Å²) >= 11 is 6.84. The highest BCUT2D eigenvalue weighted by atomic mass is 35.5. The number of ether oxygens (including phenoxy) is 2. The number of carbonyl (C=O) groups is 3. The smallest absolute Gasteiger partial charge is 0.293 e. The normalized spacial score (nSPS) is 14.3. The number of benzene rings is 3. The van der Waals surface area contributed by atoms with Crippen molar-refractivity contribution < 1.29 is 28.2 Å². The van der Waals surface area contributed by atoms with Gasteiger partial charge in [-0.1, -0.05) is 41.9 Å². The summed E-state index contributed by atoms with van der Waals surface area (Å²) in [4.78, 5) is 38.9. The molecule has 0 unspecified atom stereocenters. The molecule has 1 aliphatic rings. The van der Waals surface area contributed by atoms with Crippen LogP contribution in [0.15, 0.2) is 65.6 Å². The summed E-state index contributed by atoms with van der Waals surface area (Å²) in [7, 11) is 1.46. The minimum atomic E-state index is -0.504. The van der Waals surface area contributed by atoms with Crippen molar-refractivity contribution in [1.82, 2.24) is 4.90 Å². The number of anilines is 1. The van der Waals surface area contributed by atoms with Gasteiger partial charge in [0.1, 0.15) is 5.82 Å². The van der Waals surface area contributed by atoms with Gasteiger partial charge in [0.15, 0.2) is 18.1 Å². The van der Waals surface area contributed by atoms with Gasteiger partial charge in [0.05, 0.1) is 18.6 Å². The van der Waals surface area contributed by atoms with Gasteiger partial charge in [-0.15, -0.1) is 0 Å². The molecule has 0 saturated carbocycles. The van der Waals surface area contributed by atoms with Gasteiger partial charge < -0.3 is 14.8 Å². The lowest BCUT2D eigenvalue weighted by Crippen LogP contribution is -2.27. The Balaban J connectivity index is 1.43. The molecule has 0 spiro atoms. The van der Waals surface area contributed by atoms with Gasteiger partial charge in [0.25, 0.3) is 17.1 Å². The Morgan fingerprint density at radius 2 is 1.89 bits per heavy atom. The molecule has 4 rings (SSSR count). The molecule has 0 bridgehead atoms. The maximum Gasteiger partial charge on any atom is 0.293 e. The second kappa shape index (κ2) is 11.5. The highest BCUT2D eigenvalue weighted by Gasteiger charge is 2.35. The maximum atomic E-state index is 13.3. The summed E-state index contributed by atoms with van der Waals surface area (Å²) in [5.74, 6) is -0.609. The Kier molecular flexibility index (Phi) is 8.15. The second-order valence-corrected chi connectivity index (χ2v) is 9.47. The van der Waals surface area contributed by atoms with E-state index in [1.165, 1.54) is 19.2 Å². The number of nitrogens with zero attached hydrogens (tertiary/aromatic N) is 1. The Bertz CT molecular complexity index is 1410. The Hall–Kier alpha value is -3.82. The number of thioether (sulfide) groups is 1. The van der Waals surface area contributed by atoms with Gasteiger partial charge >= 0.3 is 0 Å². The minimum Gasteiger partial charge on any atom is -0.493 e. The zero-order chi connectivity index (χ0) is 26.5. The molecule has 0 aromatic heterocycles. The Morgan fingerprint density at radius 1 is 1.11 bits per heavy atom. The summed E-state index contributed by atoms with van der Waals surface area (Å²) in [6.45, 7) is 1.60. The predicted molar refractivity (Wildman–Crippen MR) is 141 cm³/mol. The molecule has 1 saturated heterocycles. The standard InChI is InChI=1S/C27H22ClFN2O5S/c1-16-5-3-4-6-21(16)30-25(32)15-36-22-10-7-17(11-23(22)35-2)12-24-26(33)31(27(34)37-24)14-18-8-9-19(29)13-20(18)28/h3-13H,14-15H2,1-2H3,(H,30,32)/b24-12-. The third kappa shape index (κ3) is 6.31. The first-order valence-electron chi connectivity index (χ1n) is 11.1. The molecule has 3 aromatic rings. The van der Waals surface area contributed by atoms with E-state index in [-0.39, 0.29) is 29.0 Å². The van der Waals surface area contributed by atoms with E-state index in [2.05, 4.69) is 5.32 Å². The van der Waals surface area contributed by atoms with Crippen LogP contribution in [0.5, 0.6) is 11.5 Å². The van der Waals surface area contributed by atoms with Crippen LogP contribution in [0, 0.1) is 12.7 Å². The van der Waals surface area contributed by atoms with Gasteiger partial charge in [0.2, 0.25) is 0 Å². The van der Waals surface area contributed by atoms with Crippen LogP contribution in [0.3, 0.4) is 0 Å². The van der Waals surface area contributed by atoms with Crippen molar-refractivity contribution in [3.8, 4) is 11.5 Å². The van der Waals surface area contributed by atoms with Crippen LogP contribution in [-0.2, 0) is 16.1 Å². The monoisotopic (exact) mass is 540 g/mol. The fourth-order valence-corrected chi connectivity index (χ4v) is 4.61. The molecule has 3 aromatic carbocycles. The van der Waals surface area contributed by atoms with Crippen LogP contribution in [0.2, 0.25) is 5.02 Å². The van der Waals surface area contributed by atoms with E-state index in [9.17, 15) is 18.8 Å². The summed E-state index contributed by atoms with van der Waals surface area (Å²) in [5.41, 5.74) is 2.69. The first kappa shape index (κ1) is 26.2. The fraction of sp³-hybridized carbons (Fsp3) is 0.148. The topological polar surface area (TPSA) is 84.9 Å². The van der Waals surface area contributed by atoms with Crippen LogP contribution >= 0.6 is 23.4 Å². The van der Waals surface area contributed by atoms with E-state index in [0.717, 1.165) is 28.3 Å². The summed E-state index contributed by atoms with van der Waals surface area (Å²) in [6, 6.07) is 16.1. The van der Waals surface area contributed by atoms with Crippen LogP contribution in [0.25, 0.3) is 6.08 Å². The van der Waals surface area contributed by atoms with Crippen molar-refractivity contribution in [3.05, 3.63) is 93.1 Å². The number of aryl methyl sites for hydroxylation is 1.